The number of hydrogen-bond donors (Lipinski definition) is 2. The van der Waals surface area contributed by atoms with Crippen LogP contribution in [-0.2, 0) is 10.0 Å². The highest BCUT2D eigenvalue weighted by Gasteiger charge is 2.23. The average molecular weight is 494 g/mol. The molecule has 9 heteroatoms. The molecule has 2 N–H and O–H groups in total. The highest BCUT2D eigenvalue weighted by atomic mass is 32.2. The zero-order chi connectivity index (χ0) is 25.2. The lowest BCUT2D eigenvalue weighted by Crippen LogP contribution is -2.46. The standard InChI is InChI=1S/C26H27N3O5S/c1-18-5-3-4-6-25(18)35(33,34)27-24-12-11-22(17-23(24)26(31)32)29-15-13-28(14-16-29)21-9-7-20(8-10-21)19(2)30/h3-12,17,27H,13-16H2,1-2H3,(H,31,32). The number of nitrogens with zero attached hydrogens (tertiary/aromatic N) is 2. The summed E-state index contributed by atoms with van der Waals surface area (Å²) in [7, 11) is -3.94. The first-order chi connectivity index (χ1) is 16.7. The van der Waals surface area contributed by atoms with Gasteiger partial charge in [-0.2, -0.15) is 0 Å². The minimum atomic E-state index is -3.94. The molecule has 0 aromatic heterocycles. The van der Waals surface area contributed by atoms with Gasteiger partial charge in [0, 0.05) is 43.1 Å². The van der Waals surface area contributed by atoms with Gasteiger partial charge in [-0.15, -0.1) is 0 Å². The van der Waals surface area contributed by atoms with Gasteiger partial charge in [0.15, 0.2) is 5.78 Å². The molecule has 0 unspecified atom stereocenters. The van der Waals surface area contributed by atoms with Gasteiger partial charge < -0.3 is 14.9 Å². The predicted octanol–water partition coefficient (Wildman–Crippen LogP) is 4.02. The second-order valence-electron chi connectivity index (χ2n) is 8.48. The SMILES string of the molecule is CC(=O)c1ccc(N2CCN(c3ccc(NS(=O)(=O)c4ccccc4C)c(C(=O)O)c3)CC2)cc1. The minimum Gasteiger partial charge on any atom is -0.478 e. The number of ketones is 1. The van der Waals surface area contributed by atoms with Crippen molar-refractivity contribution in [1.29, 1.82) is 0 Å². The molecule has 35 heavy (non-hydrogen) atoms. The van der Waals surface area contributed by atoms with Gasteiger partial charge in [0.25, 0.3) is 10.0 Å². The van der Waals surface area contributed by atoms with Gasteiger partial charge in [-0.05, 0) is 67.9 Å². The van der Waals surface area contributed by atoms with Crippen LogP contribution in [0.15, 0.2) is 71.6 Å². The normalized spacial score (nSPS) is 14.0. The minimum absolute atomic E-state index is 0.0219. The van der Waals surface area contributed by atoms with Crippen LogP contribution >= 0.6 is 0 Å². The molecule has 182 valence electrons. The summed E-state index contributed by atoms with van der Waals surface area (Å²) in [6, 6.07) is 18.8. The van der Waals surface area contributed by atoms with Crippen LogP contribution in [0.4, 0.5) is 17.1 Å². The first-order valence-electron chi connectivity index (χ1n) is 11.2. The Bertz CT molecular complexity index is 1360. The van der Waals surface area contributed by atoms with Crippen LogP contribution in [-0.4, -0.2) is 51.5 Å². The summed E-state index contributed by atoms with van der Waals surface area (Å²) in [6.07, 6.45) is 0. The number of carbonyl (C=O) groups is 2. The summed E-state index contributed by atoms with van der Waals surface area (Å²) < 4.78 is 28.2. The number of rotatable bonds is 7. The molecule has 4 rings (SSSR count). The first-order valence-corrected chi connectivity index (χ1v) is 12.7. The van der Waals surface area contributed by atoms with E-state index >= 15 is 0 Å². The molecule has 0 bridgehead atoms. The molecule has 1 fully saturated rings. The van der Waals surface area contributed by atoms with Crippen LogP contribution in [0, 0.1) is 6.92 Å². The molecule has 1 saturated heterocycles. The first kappa shape index (κ1) is 24.3. The van der Waals surface area contributed by atoms with E-state index in [-0.39, 0.29) is 21.9 Å². The lowest BCUT2D eigenvalue weighted by Gasteiger charge is -2.37. The van der Waals surface area contributed by atoms with Crippen molar-refractivity contribution in [3.8, 4) is 0 Å². The van der Waals surface area contributed by atoms with E-state index in [0.29, 0.717) is 29.9 Å². The highest BCUT2D eigenvalue weighted by Crippen LogP contribution is 2.28. The van der Waals surface area contributed by atoms with Gasteiger partial charge in [-0.1, -0.05) is 18.2 Å². The molecule has 1 aliphatic rings. The Kier molecular flexibility index (Phi) is 6.79. The molecular weight excluding hydrogens is 466 g/mol. The zero-order valence-corrected chi connectivity index (χ0v) is 20.4. The van der Waals surface area contributed by atoms with Crippen LogP contribution in [0.25, 0.3) is 0 Å². The number of benzene rings is 3. The molecule has 1 heterocycles. The molecule has 0 radical (unpaired) electrons. The van der Waals surface area contributed by atoms with Crippen molar-refractivity contribution in [1.82, 2.24) is 0 Å². The van der Waals surface area contributed by atoms with Crippen LogP contribution in [0.5, 0.6) is 0 Å². The van der Waals surface area contributed by atoms with E-state index < -0.39 is 16.0 Å². The van der Waals surface area contributed by atoms with Crippen molar-refractivity contribution < 1.29 is 23.1 Å². The lowest BCUT2D eigenvalue weighted by atomic mass is 10.1. The van der Waals surface area contributed by atoms with E-state index in [0.717, 1.165) is 18.8 Å². The fourth-order valence-electron chi connectivity index (χ4n) is 4.18. The number of carbonyl (C=O) groups excluding carboxylic acids is 1. The molecule has 8 nitrogen and oxygen atoms in total. The fraction of sp³-hybridized carbons (Fsp3) is 0.231. The zero-order valence-electron chi connectivity index (χ0n) is 19.6. The number of piperazine rings is 1. The number of hydrogen-bond acceptors (Lipinski definition) is 6. The van der Waals surface area contributed by atoms with Gasteiger partial charge in [0.2, 0.25) is 0 Å². The Hall–Kier alpha value is -3.85. The molecular formula is C26H27N3O5S. The van der Waals surface area contributed by atoms with Crippen molar-refractivity contribution >= 4 is 38.8 Å². The van der Waals surface area contributed by atoms with Crippen LogP contribution < -0.4 is 14.5 Å². The third kappa shape index (κ3) is 5.30. The third-order valence-electron chi connectivity index (χ3n) is 6.14. The Labute approximate surface area is 204 Å². The maximum Gasteiger partial charge on any atom is 0.337 e. The summed E-state index contributed by atoms with van der Waals surface area (Å²) in [5, 5.41) is 9.78. The maximum absolute atomic E-state index is 12.9. The van der Waals surface area contributed by atoms with E-state index in [1.165, 1.54) is 25.1 Å². The largest absolute Gasteiger partial charge is 0.478 e. The summed E-state index contributed by atoms with van der Waals surface area (Å²) in [4.78, 5) is 27.9. The molecule has 1 aliphatic heterocycles. The predicted molar refractivity (Wildman–Crippen MR) is 136 cm³/mol. The van der Waals surface area contributed by atoms with Gasteiger partial charge in [0.1, 0.15) is 0 Å². The number of carboxylic acids is 1. The molecule has 0 atom stereocenters. The molecule has 3 aromatic rings. The maximum atomic E-state index is 12.9. The van der Waals surface area contributed by atoms with E-state index in [2.05, 4.69) is 14.5 Å². The monoisotopic (exact) mass is 493 g/mol. The van der Waals surface area contributed by atoms with E-state index in [9.17, 15) is 23.1 Å². The molecule has 0 amide bonds. The van der Waals surface area contributed by atoms with E-state index in [4.69, 9.17) is 0 Å². The molecule has 0 spiro atoms. The van der Waals surface area contributed by atoms with Crippen molar-refractivity contribution in [2.24, 2.45) is 0 Å². The topological polar surface area (TPSA) is 107 Å². The molecule has 3 aromatic carbocycles. The van der Waals surface area contributed by atoms with Gasteiger partial charge in [-0.3, -0.25) is 9.52 Å². The Morgan fingerprint density at radius 1 is 0.857 bits per heavy atom. The number of Topliss-reactive ketones (excluding diaryl/α,β-unsaturated/α-hetero) is 1. The fourth-order valence-corrected chi connectivity index (χ4v) is 5.51. The second-order valence-corrected chi connectivity index (χ2v) is 10.1. The van der Waals surface area contributed by atoms with Crippen LogP contribution in [0.3, 0.4) is 0 Å². The van der Waals surface area contributed by atoms with Gasteiger partial charge in [0.05, 0.1) is 16.1 Å². The lowest BCUT2D eigenvalue weighted by molar-refractivity contribution is 0.0698. The van der Waals surface area contributed by atoms with Crippen molar-refractivity contribution in [3.05, 3.63) is 83.4 Å². The number of anilines is 3. The summed E-state index contributed by atoms with van der Waals surface area (Å²) in [5.74, 6) is -1.18. The number of aromatic carboxylic acids is 1. The van der Waals surface area contributed by atoms with Crippen molar-refractivity contribution in [2.45, 2.75) is 18.7 Å². The van der Waals surface area contributed by atoms with Crippen LogP contribution in [0.1, 0.15) is 33.2 Å². The summed E-state index contributed by atoms with van der Waals surface area (Å²) >= 11 is 0. The number of nitrogens with one attached hydrogen (secondary N) is 1. The highest BCUT2D eigenvalue weighted by molar-refractivity contribution is 7.92. The number of carboxylic acid groups (broad SMARTS) is 1. The Morgan fingerprint density at radius 2 is 1.43 bits per heavy atom. The smallest absolute Gasteiger partial charge is 0.337 e. The van der Waals surface area contributed by atoms with Gasteiger partial charge in [-0.25, -0.2) is 13.2 Å². The average Bonchev–Trinajstić information content (AvgIpc) is 2.84. The molecule has 0 saturated carbocycles. The quantitative estimate of drug-likeness (QED) is 0.479. The Balaban J connectivity index is 1.50. The number of sulfonamides is 1. The van der Waals surface area contributed by atoms with Crippen LogP contribution in [0.2, 0.25) is 0 Å². The number of aryl methyl sites for hydroxylation is 1. The molecule has 0 aliphatic carbocycles. The van der Waals surface area contributed by atoms with Crippen molar-refractivity contribution in [3.63, 3.8) is 0 Å². The third-order valence-corrected chi connectivity index (χ3v) is 7.67. The van der Waals surface area contributed by atoms with Crippen molar-refractivity contribution in [2.75, 3.05) is 40.7 Å². The van der Waals surface area contributed by atoms with E-state index in [1.807, 2.05) is 24.3 Å². The second kappa shape index (κ2) is 9.79. The van der Waals surface area contributed by atoms with E-state index in [1.54, 1.807) is 31.2 Å². The Morgan fingerprint density at radius 3 is 2.00 bits per heavy atom. The summed E-state index contributed by atoms with van der Waals surface area (Å²) in [6.45, 7) is 6.02. The van der Waals surface area contributed by atoms with Gasteiger partial charge >= 0.3 is 5.97 Å². The summed E-state index contributed by atoms with van der Waals surface area (Å²) in [5.41, 5.74) is 2.90.